The molecule has 1 aliphatic heterocycles. The van der Waals surface area contributed by atoms with Crippen molar-refractivity contribution in [1.29, 1.82) is 0 Å². The highest BCUT2D eigenvalue weighted by atomic mass is 16.7. The van der Waals surface area contributed by atoms with Crippen molar-refractivity contribution in [2.45, 2.75) is 36.3 Å². The molecule has 0 radical (unpaired) electrons. The molecular weight excluding hydrogens is 496 g/mol. The third-order valence-corrected chi connectivity index (χ3v) is 6.99. The zero-order valence-corrected chi connectivity index (χ0v) is 21.5. The van der Waals surface area contributed by atoms with Crippen molar-refractivity contribution in [3.8, 4) is 11.5 Å². The third kappa shape index (κ3) is 5.41. The first-order chi connectivity index (χ1) is 19.0. The average Bonchev–Trinajstić information content (AvgIpc) is 3.00. The molecule has 7 nitrogen and oxygen atoms in total. The van der Waals surface area contributed by atoms with Gasteiger partial charge in [-0.05, 0) is 28.8 Å². The van der Waals surface area contributed by atoms with Crippen LogP contribution in [0, 0.1) is 0 Å². The third-order valence-electron chi connectivity index (χ3n) is 6.99. The summed E-state index contributed by atoms with van der Waals surface area (Å²) in [5.74, 6) is 0.775. The second-order valence-electron chi connectivity index (χ2n) is 9.37. The lowest BCUT2D eigenvalue weighted by molar-refractivity contribution is -0.283. The summed E-state index contributed by atoms with van der Waals surface area (Å²) < 4.78 is 24.0. The molecule has 39 heavy (non-hydrogen) atoms. The zero-order chi connectivity index (χ0) is 27.2. The Morgan fingerprint density at radius 3 is 1.56 bits per heavy atom. The van der Waals surface area contributed by atoms with Gasteiger partial charge in [-0.1, -0.05) is 103 Å². The molecule has 0 amide bonds. The van der Waals surface area contributed by atoms with Gasteiger partial charge >= 0.3 is 0 Å². The maximum atomic E-state index is 10.9. The SMILES string of the molecule is COc1ccccc1O[C@H]1O[C@H](COC(c2ccccc2)(c2ccccc2)c2ccccc2)[C@H](O)[C@H](O)[C@H]1O. The van der Waals surface area contributed by atoms with Crippen molar-refractivity contribution in [3.63, 3.8) is 0 Å². The fraction of sp³-hybridized carbons (Fsp3) is 0.250. The smallest absolute Gasteiger partial charge is 0.229 e. The van der Waals surface area contributed by atoms with Crippen LogP contribution >= 0.6 is 0 Å². The molecule has 7 heteroatoms. The highest BCUT2D eigenvalue weighted by Gasteiger charge is 2.47. The molecule has 1 heterocycles. The van der Waals surface area contributed by atoms with Crippen LogP contribution in [-0.4, -0.2) is 59.7 Å². The van der Waals surface area contributed by atoms with Crippen molar-refractivity contribution < 1.29 is 34.3 Å². The Labute approximate surface area is 227 Å². The van der Waals surface area contributed by atoms with Gasteiger partial charge in [-0.25, -0.2) is 0 Å². The molecule has 0 unspecified atom stereocenters. The summed E-state index contributed by atoms with van der Waals surface area (Å²) >= 11 is 0. The molecule has 5 rings (SSSR count). The van der Waals surface area contributed by atoms with E-state index in [9.17, 15) is 15.3 Å². The van der Waals surface area contributed by atoms with E-state index in [1.807, 2.05) is 91.0 Å². The highest BCUT2D eigenvalue weighted by molar-refractivity contribution is 5.47. The molecule has 1 fully saturated rings. The van der Waals surface area contributed by atoms with E-state index in [0.717, 1.165) is 16.7 Å². The van der Waals surface area contributed by atoms with E-state index in [2.05, 4.69) is 0 Å². The number of hydrogen-bond donors (Lipinski definition) is 3. The normalized spacial score (nSPS) is 23.2. The molecule has 0 spiro atoms. The maximum absolute atomic E-state index is 10.9. The van der Waals surface area contributed by atoms with E-state index in [1.165, 1.54) is 7.11 Å². The van der Waals surface area contributed by atoms with E-state index in [1.54, 1.807) is 24.3 Å². The summed E-state index contributed by atoms with van der Waals surface area (Å²) in [6.45, 7) is -0.116. The fourth-order valence-electron chi connectivity index (χ4n) is 4.97. The van der Waals surface area contributed by atoms with Crippen molar-refractivity contribution in [2.75, 3.05) is 13.7 Å². The Hall–Kier alpha value is -3.72. The summed E-state index contributed by atoms with van der Waals surface area (Å²) in [6, 6.07) is 36.4. The predicted octanol–water partition coefficient (Wildman–Crippen LogP) is 3.89. The molecule has 0 bridgehead atoms. The van der Waals surface area contributed by atoms with Gasteiger partial charge in [0.25, 0.3) is 0 Å². The first-order valence-corrected chi connectivity index (χ1v) is 12.8. The second kappa shape index (κ2) is 12.0. The van der Waals surface area contributed by atoms with Crippen LogP contribution < -0.4 is 9.47 Å². The molecule has 0 aliphatic carbocycles. The number of hydrogen-bond acceptors (Lipinski definition) is 7. The molecule has 0 aromatic heterocycles. The molecule has 0 saturated carbocycles. The van der Waals surface area contributed by atoms with Crippen LogP contribution in [0.15, 0.2) is 115 Å². The fourth-order valence-corrected chi connectivity index (χ4v) is 4.97. The van der Waals surface area contributed by atoms with Gasteiger partial charge < -0.3 is 34.3 Å². The van der Waals surface area contributed by atoms with Crippen LogP contribution in [0.4, 0.5) is 0 Å². The molecule has 1 aliphatic rings. The lowest BCUT2D eigenvalue weighted by Gasteiger charge is -2.42. The van der Waals surface area contributed by atoms with Crippen LogP contribution in [0.3, 0.4) is 0 Å². The Kier molecular flexibility index (Phi) is 8.26. The van der Waals surface area contributed by atoms with Gasteiger partial charge in [0.05, 0.1) is 13.7 Å². The number of rotatable bonds is 9. The van der Waals surface area contributed by atoms with Crippen LogP contribution in [0.2, 0.25) is 0 Å². The Balaban J connectivity index is 1.49. The van der Waals surface area contributed by atoms with Gasteiger partial charge in [0, 0.05) is 0 Å². The molecule has 4 aromatic carbocycles. The van der Waals surface area contributed by atoms with Gasteiger partial charge in [0.1, 0.15) is 30.0 Å². The van der Waals surface area contributed by atoms with Gasteiger partial charge in [-0.2, -0.15) is 0 Å². The minimum atomic E-state index is -1.52. The van der Waals surface area contributed by atoms with Gasteiger partial charge in [-0.15, -0.1) is 0 Å². The lowest BCUT2D eigenvalue weighted by atomic mass is 9.80. The molecule has 1 saturated heterocycles. The van der Waals surface area contributed by atoms with Crippen LogP contribution in [-0.2, 0) is 15.1 Å². The van der Waals surface area contributed by atoms with E-state index >= 15 is 0 Å². The molecule has 4 aromatic rings. The van der Waals surface area contributed by atoms with E-state index in [0.29, 0.717) is 11.5 Å². The Morgan fingerprint density at radius 2 is 1.08 bits per heavy atom. The van der Waals surface area contributed by atoms with Crippen LogP contribution in [0.1, 0.15) is 16.7 Å². The summed E-state index contributed by atoms with van der Waals surface area (Å²) in [5.41, 5.74) is 1.60. The number of para-hydroxylation sites is 2. The first kappa shape index (κ1) is 26.9. The van der Waals surface area contributed by atoms with Crippen molar-refractivity contribution >= 4 is 0 Å². The minimum Gasteiger partial charge on any atom is -0.493 e. The highest BCUT2D eigenvalue weighted by Crippen LogP contribution is 2.41. The maximum Gasteiger partial charge on any atom is 0.229 e. The quantitative estimate of drug-likeness (QED) is 0.284. The van der Waals surface area contributed by atoms with Crippen molar-refractivity contribution in [1.82, 2.24) is 0 Å². The predicted molar refractivity (Wildman–Crippen MR) is 145 cm³/mol. The summed E-state index contributed by atoms with van der Waals surface area (Å²) in [7, 11) is 1.51. The lowest BCUT2D eigenvalue weighted by Crippen LogP contribution is -2.60. The largest absolute Gasteiger partial charge is 0.493 e. The number of aliphatic hydroxyl groups is 3. The Bertz CT molecular complexity index is 1220. The minimum absolute atomic E-state index is 0.116. The van der Waals surface area contributed by atoms with Gasteiger partial charge in [0.2, 0.25) is 6.29 Å². The summed E-state index contributed by atoms with van der Waals surface area (Å²) in [6.07, 6.45) is -6.72. The van der Waals surface area contributed by atoms with E-state index in [-0.39, 0.29) is 6.61 Å². The number of aliphatic hydroxyl groups excluding tert-OH is 3. The second-order valence-corrected chi connectivity index (χ2v) is 9.37. The van der Waals surface area contributed by atoms with Crippen LogP contribution in [0.5, 0.6) is 11.5 Å². The van der Waals surface area contributed by atoms with Crippen LogP contribution in [0.25, 0.3) is 0 Å². The van der Waals surface area contributed by atoms with E-state index < -0.39 is 36.3 Å². The Morgan fingerprint density at radius 1 is 0.615 bits per heavy atom. The number of ether oxygens (including phenoxy) is 4. The topological polar surface area (TPSA) is 97.6 Å². The van der Waals surface area contributed by atoms with Gasteiger partial charge in [0.15, 0.2) is 11.5 Å². The standard InChI is InChI=1S/C32H32O7/c1-36-25-19-11-12-20-26(25)38-31-30(35)29(34)28(33)27(39-31)21-37-32(22-13-5-2-6-14-22,23-15-7-3-8-16-23)24-17-9-4-10-18-24/h2-20,27-31,33-35H,21H2,1H3/t27-,28+,29+,30-,31+/m1/s1. The van der Waals surface area contributed by atoms with Gasteiger partial charge in [-0.3, -0.25) is 0 Å². The average molecular weight is 529 g/mol. The zero-order valence-electron chi connectivity index (χ0n) is 21.5. The first-order valence-electron chi connectivity index (χ1n) is 12.8. The molecule has 202 valence electrons. The van der Waals surface area contributed by atoms with Crippen molar-refractivity contribution in [2.24, 2.45) is 0 Å². The summed E-state index contributed by atoms with van der Waals surface area (Å²) in [4.78, 5) is 0. The number of benzene rings is 4. The molecule has 3 N–H and O–H groups in total. The van der Waals surface area contributed by atoms with E-state index in [4.69, 9.17) is 18.9 Å². The molecular formula is C32H32O7. The molecule has 5 atom stereocenters. The summed E-state index contributed by atoms with van der Waals surface area (Å²) in [5, 5.41) is 32.3. The number of methoxy groups -OCH3 is 1. The van der Waals surface area contributed by atoms with Crippen molar-refractivity contribution in [3.05, 3.63) is 132 Å². The monoisotopic (exact) mass is 528 g/mol.